The van der Waals surface area contributed by atoms with Crippen molar-refractivity contribution in [1.29, 1.82) is 0 Å². The molecule has 1 N–H and O–H groups in total. The summed E-state index contributed by atoms with van der Waals surface area (Å²) < 4.78 is 38.7. The Bertz CT molecular complexity index is 1460. The topological polar surface area (TPSA) is 86.6 Å². The number of aromatic nitrogens is 1. The minimum atomic E-state index is -3.72. The number of nitrogens with one attached hydrogen (secondary N) is 1. The molecule has 0 unspecified atom stereocenters. The first kappa shape index (κ1) is 23.7. The molecule has 34 heavy (non-hydrogen) atoms. The Balaban J connectivity index is 1.62. The molecule has 0 fully saturated rings. The summed E-state index contributed by atoms with van der Waals surface area (Å²) in [5.41, 5.74) is 1.69. The van der Waals surface area contributed by atoms with E-state index in [0.29, 0.717) is 38.7 Å². The number of anilines is 1. The minimum absolute atomic E-state index is 0.0729. The van der Waals surface area contributed by atoms with Gasteiger partial charge in [-0.3, -0.25) is 4.79 Å². The predicted octanol–water partition coefficient (Wildman–Crippen LogP) is 4.92. The van der Waals surface area contributed by atoms with Crippen LogP contribution in [0, 0.1) is 0 Å². The van der Waals surface area contributed by atoms with Crippen molar-refractivity contribution in [1.82, 2.24) is 4.57 Å². The number of methoxy groups -OCH3 is 2. The molecule has 1 aromatic heterocycles. The smallest absolute Gasteiger partial charge is 0.244 e. The number of fused-ring (bicyclic) bond motifs is 1. The van der Waals surface area contributed by atoms with Gasteiger partial charge in [-0.2, -0.15) is 0 Å². The van der Waals surface area contributed by atoms with Gasteiger partial charge in [0.25, 0.3) is 0 Å². The molecule has 0 aliphatic heterocycles. The summed E-state index contributed by atoms with van der Waals surface area (Å²) in [5.74, 6) is 0.478. The molecule has 0 saturated heterocycles. The molecular weight excluding hydrogens is 476 g/mol. The zero-order valence-corrected chi connectivity index (χ0v) is 20.2. The molecule has 0 saturated carbocycles. The van der Waals surface area contributed by atoms with Crippen molar-refractivity contribution in [3.05, 3.63) is 83.5 Å². The number of hydrogen-bond donors (Lipinski definition) is 1. The average molecular weight is 499 g/mol. The molecule has 0 bridgehead atoms. The molecule has 0 radical (unpaired) electrons. The predicted molar refractivity (Wildman–Crippen MR) is 132 cm³/mol. The number of para-hydroxylation sites is 1. The van der Waals surface area contributed by atoms with E-state index in [1.54, 1.807) is 71.3 Å². The molecule has 176 valence electrons. The first-order valence-corrected chi connectivity index (χ1v) is 12.4. The van der Waals surface area contributed by atoms with Gasteiger partial charge in [0.05, 0.1) is 24.9 Å². The number of carbonyl (C=O) groups excluding carboxylic acids is 1. The Morgan fingerprint density at radius 2 is 1.68 bits per heavy atom. The molecule has 0 aliphatic rings. The molecule has 3 aromatic carbocycles. The van der Waals surface area contributed by atoms with Crippen LogP contribution in [0.25, 0.3) is 10.9 Å². The second-order valence-electron chi connectivity index (χ2n) is 7.61. The molecule has 0 atom stereocenters. The zero-order valence-electron chi connectivity index (χ0n) is 18.6. The Kier molecular flexibility index (Phi) is 6.81. The zero-order chi connectivity index (χ0) is 24.3. The molecule has 4 aromatic rings. The van der Waals surface area contributed by atoms with Gasteiger partial charge in [-0.15, -0.1) is 0 Å². The van der Waals surface area contributed by atoms with Crippen molar-refractivity contribution in [3.8, 4) is 11.5 Å². The minimum Gasteiger partial charge on any atom is -0.493 e. The van der Waals surface area contributed by atoms with E-state index >= 15 is 0 Å². The standard InChI is InChI=1S/C25H23ClN2O5S/c1-32-22-12-11-18(13-23(22)33-2)27-25(29)15-28-14-24(19-8-4-6-10-21(19)28)34(30,31)16-17-7-3-5-9-20(17)26/h3-14H,15-16H2,1-2H3,(H,27,29). The quantitative estimate of drug-likeness (QED) is 0.372. The average Bonchev–Trinajstić information content (AvgIpc) is 3.19. The Morgan fingerprint density at radius 1 is 0.971 bits per heavy atom. The van der Waals surface area contributed by atoms with Crippen molar-refractivity contribution >= 4 is 43.9 Å². The maximum absolute atomic E-state index is 13.3. The third kappa shape index (κ3) is 4.88. The van der Waals surface area contributed by atoms with Gasteiger partial charge in [0, 0.05) is 33.9 Å². The number of carbonyl (C=O) groups is 1. The van der Waals surface area contributed by atoms with Gasteiger partial charge in [0.1, 0.15) is 6.54 Å². The van der Waals surface area contributed by atoms with Crippen LogP contribution >= 0.6 is 11.6 Å². The van der Waals surface area contributed by atoms with Crippen molar-refractivity contribution in [3.63, 3.8) is 0 Å². The van der Waals surface area contributed by atoms with Gasteiger partial charge in [-0.05, 0) is 29.8 Å². The van der Waals surface area contributed by atoms with Crippen LogP contribution in [0.3, 0.4) is 0 Å². The number of benzene rings is 3. The van der Waals surface area contributed by atoms with Crippen LogP contribution in [0.2, 0.25) is 5.02 Å². The fourth-order valence-corrected chi connectivity index (χ4v) is 5.65. The largest absolute Gasteiger partial charge is 0.493 e. The SMILES string of the molecule is COc1ccc(NC(=O)Cn2cc(S(=O)(=O)Cc3ccccc3Cl)c3ccccc32)cc1OC. The van der Waals surface area contributed by atoms with Gasteiger partial charge < -0.3 is 19.4 Å². The second kappa shape index (κ2) is 9.79. The van der Waals surface area contributed by atoms with E-state index < -0.39 is 9.84 Å². The first-order valence-electron chi connectivity index (χ1n) is 10.4. The number of hydrogen-bond acceptors (Lipinski definition) is 5. The molecule has 7 nitrogen and oxygen atoms in total. The van der Waals surface area contributed by atoms with Crippen molar-refractivity contribution in [2.75, 3.05) is 19.5 Å². The third-order valence-corrected chi connectivity index (χ3v) is 7.43. The number of rotatable bonds is 8. The van der Waals surface area contributed by atoms with Gasteiger partial charge >= 0.3 is 0 Å². The molecular formula is C25H23ClN2O5S. The van der Waals surface area contributed by atoms with Gasteiger partial charge in [-0.1, -0.05) is 48.0 Å². The van der Waals surface area contributed by atoms with Gasteiger partial charge in [-0.25, -0.2) is 8.42 Å². The highest BCUT2D eigenvalue weighted by atomic mass is 35.5. The van der Waals surface area contributed by atoms with Crippen LogP contribution in [-0.2, 0) is 26.9 Å². The second-order valence-corrected chi connectivity index (χ2v) is 9.97. The fourth-order valence-electron chi connectivity index (χ4n) is 3.76. The monoisotopic (exact) mass is 498 g/mol. The van der Waals surface area contributed by atoms with Crippen LogP contribution in [0.5, 0.6) is 11.5 Å². The normalized spacial score (nSPS) is 11.4. The number of sulfone groups is 1. The van der Waals surface area contributed by atoms with E-state index in [4.69, 9.17) is 21.1 Å². The van der Waals surface area contributed by atoms with Crippen LogP contribution in [0.15, 0.2) is 77.8 Å². The summed E-state index contributed by atoms with van der Waals surface area (Å²) >= 11 is 6.19. The third-order valence-electron chi connectivity index (χ3n) is 5.37. The highest BCUT2D eigenvalue weighted by molar-refractivity contribution is 7.90. The van der Waals surface area contributed by atoms with E-state index in [2.05, 4.69) is 5.32 Å². The van der Waals surface area contributed by atoms with Crippen molar-refractivity contribution < 1.29 is 22.7 Å². The number of nitrogens with zero attached hydrogens (tertiary/aromatic N) is 1. The van der Waals surface area contributed by atoms with E-state index in [0.717, 1.165) is 0 Å². The summed E-state index contributed by atoms with van der Waals surface area (Å²) in [6, 6.07) is 19.0. The Morgan fingerprint density at radius 3 is 2.41 bits per heavy atom. The molecule has 9 heteroatoms. The number of ether oxygens (including phenoxy) is 2. The van der Waals surface area contributed by atoms with Gasteiger partial charge in [0.15, 0.2) is 21.3 Å². The van der Waals surface area contributed by atoms with E-state index in [1.807, 2.05) is 0 Å². The summed E-state index contributed by atoms with van der Waals surface area (Å²) in [7, 11) is -0.674. The number of halogens is 1. The molecule has 4 rings (SSSR count). The maximum Gasteiger partial charge on any atom is 0.244 e. The van der Waals surface area contributed by atoms with Crippen LogP contribution in [0.4, 0.5) is 5.69 Å². The fraction of sp³-hybridized carbons (Fsp3) is 0.160. The molecule has 0 spiro atoms. The summed E-state index contributed by atoms with van der Waals surface area (Å²) in [5, 5.41) is 3.76. The van der Waals surface area contributed by atoms with Crippen LogP contribution in [0.1, 0.15) is 5.56 Å². The first-order chi connectivity index (χ1) is 16.3. The van der Waals surface area contributed by atoms with E-state index in [1.165, 1.54) is 20.4 Å². The van der Waals surface area contributed by atoms with Crippen molar-refractivity contribution in [2.24, 2.45) is 0 Å². The van der Waals surface area contributed by atoms with E-state index in [-0.39, 0.29) is 23.1 Å². The lowest BCUT2D eigenvalue weighted by Gasteiger charge is -2.11. The lowest BCUT2D eigenvalue weighted by atomic mass is 10.2. The van der Waals surface area contributed by atoms with Gasteiger partial charge in [0.2, 0.25) is 5.91 Å². The molecule has 0 aliphatic carbocycles. The lowest BCUT2D eigenvalue weighted by Crippen LogP contribution is -2.18. The van der Waals surface area contributed by atoms with Crippen LogP contribution in [-0.4, -0.2) is 33.1 Å². The highest BCUT2D eigenvalue weighted by Crippen LogP contribution is 2.31. The molecule has 1 amide bonds. The highest BCUT2D eigenvalue weighted by Gasteiger charge is 2.23. The number of amides is 1. The summed E-state index contributed by atoms with van der Waals surface area (Å²) in [4.78, 5) is 13.0. The lowest BCUT2D eigenvalue weighted by molar-refractivity contribution is -0.116. The van der Waals surface area contributed by atoms with Crippen molar-refractivity contribution in [2.45, 2.75) is 17.2 Å². The summed E-state index contributed by atoms with van der Waals surface area (Å²) in [6.45, 7) is -0.0729. The maximum atomic E-state index is 13.3. The van der Waals surface area contributed by atoms with E-state index in [9.17, 15) is 13.2 Å². The Labute approximate surface area is 202 Å². The summed E-state index contributed by atoms with van der Waals surface area (Å²) in [6.07, 6.45) is 1.50. The molecule has 1 heterocycles. The Hall–Kier alpha value is -3.49. The van der Waals surface area contributed by atoms with Crippen LogP contribution < -0.4 is 14.8 Å².